The molecule has 1 aromatic heterocycles. The van der Waals surface area contributed by atoms with Gasteiger partial charge in [0.15, 0.2) is 0 Å². The van der Waals surface area contributed by atoms with E-state index in [0.717, 1.165) is 18.5 Å². The average molecular weight is 309 g/mol. The summed E-state index contributed by atoms with van der Waals surface area (Å²) in [4.78, 5) is 18.3. The average Bonchev–Trinajstić information content (AvgIpc) is 2.42. The summed E-state index contributed by atoms with van der Waals surface area (Å²) in [6.45, 7) is 9.77. The van der Waals surface area contributed by atoms with Crippen LogP contribution in [-0.4, -0.2) is 22.3 Å². The van der Waals surface area contributed by atoms with Gasteiger partial charge in [0.2, 0.25) is 5.91 Å². The maximum Gasteiger partial charge on any atom is 0.246 e. The number of carbonyl (C=O) groups is 1. The van der Waals surface area contributed by atoms with Crippen molar-refractivity contribution in [1.82, 2.24) is 9.88 Å². The molecule has 0 aliphatic rings. The number of aromatic nitrogens is 1. The number of halogens is 1. The highest BCUT2D eigenvalue weighted by Gasteiger charge is 2.12. The highest BCUT2D eigenvalue weighted by atomic mass is 35.5. The van der Waals surface area contributed by atoms with Gasteiger partial charge in [0.1, 0.15) is 5.15 Å². The first-order chi connectivity index (χ1) is 9.88. The monoisotopic (exact) mass is 308 g/mol. The van der Waals surface area contributed by atoms with E-state index >= 15 is 0 Å². The topological polar surface area (TPSA) is 33.2 Å². The van der Waals surface area contributed by atoms with E-state index in [1.54, 1.807) is 18.3 Å². The van der Waals surface area contributed by atoms with Gasteiger partial charge in [-0.3, -0.25) is 4.79 Å². The lowest BCUT2D eigenvalue weighted by atomic mass is 10.1. The molecule has 0 aromatic carbocycles. The van der Waals surface area contributed by atoms with Crippen molar-refractivity contribution in [2.24, 2.45) is 11.8 Å². The lowest BCUT2D eigenvalue weighted by molar-refractivity contribution is -0.126. The van der Waals surface area contributed by atoms with Crippen LogP contribution in [0.1, 0.15) is 39.7 Å². The van der Waals surface area contributed by atoms with Crippen LogP contribution in [0.5, 0.6) is 0 Å². The van der Waals surface area contributed by atoms with Gasteiger partial charge < -0.3 is 4.90 Å². The molecule has 0 fully saturated rings. The molecule has 0 saturated carbocycles. The van der Waals surface area contributed by atoms with Crippen molar-refractivity contribution in [3.8, 4) is 0 Å². The molecule has 1 rings (SSSR count). The van der Waals surface area contributed by atoms with Crippen molar-refractivity contribution in [2.45, 2.75) is 40.7 Å². The molecule has 3 nitrogen and oxygen atoms in total. The summed E-state index contributed by atoms with van der Waals surface area (Å²) in [5.74, 6) is 0.995. The minimum atomic E-state index is 0.0549. The quantitative estimate of drug-likeness (QED) is 0.555. The van der Waals surface area contributed by atoms with Crippen molar-refractivity contribution < 1.29 is 4.79 Å². The fourth-order valence-corrected chi connectivity index (χ4v) is 1.89. The fourth-order valence-electron chi connectivity index (χ4n) is 1.78. The van der Waals surface area contributed by atoms with Gasteiger partial charge in [0.25, 0.3) is 0 Å². The van der Waals surface area contributed by atoms with Gasteiger partial charge >= 0.3 is 0 Å². The van der Waals surface area contributed by atoms with E-state index in [1.807, 2.05) is 17.0 Å². The smallest absolute Gasteiger partial charge is 0.246 e. The Morgan fingerprint density at radius 1 is 1.33 bits per heavy atom. The fraction of sp³-hybridized carbons (Fsp3) is 0.529. The Morgan fingerprint density at radius 3 is 2.57 bits per heavy atom. The molecular weight excluding hydrogens is 284 g/mol. The predicted octanol–water partition coefficient (Wildman–Crippen LogP) is 4.32. The maximum atomic E-state index is 12.3. The van der Waals surface area contributed by atoms with Crippen LogP contribution in [0, 0.1) is 11.8 Å². The van der Waals surface area contributed by atoms with Crippen LogP contribution in [0.2, 0.25) is 5.15 Å². The summed E-state index contributed by atoms with van der Waals surface area (Å²) in [7, 11) is 0. The van der Waals surface area contributed by atoms with E-state index in [1.165, 1.54) is 0 Å². The Morgan fingerprint density at radius 2 is 2.05 bits per heavy atom. The number of carbonyl (C=O) groups excluding carboxylic acids is 1. The summed E-state index contributed by atoms with van der Waals surface area (Å²) < 4.78 is 0. The lowest BCUT2D eigenvalue weighted by Crippen LogP contribution is -2.30. The highest BCUT2D eigenvalue weighted by molar-refractivity contribution is 6.29. The van der Waals surface area contributed by atoms with Crippen molar-refractivity contribution in [1.29, 1.82) is 0 Å². The first-order valence-electron chi connectivity index (χ1n) is 7.46. The minimum Gasteiger partial charge on any atom is -0.335 e. The van der Waals surface area contributed by atoms with Gasteiger partial charge in [0, 0.05) is 19.3 Å². The second kappa shape index (κ2) is 8.83. The van der Waals surface area contributed by atoms with E-state index in [9.17, 15) is 4.79 Å². The van der Waals surface area contributed by atoms with Crippen LogP contribution in [0.3, 0.4) is 0 Å². The van der Waals surface area contributed by atoms with Crippen LogP contribution >= 0.6 is 11.6 Å². The standard InChI is InChI=1S/C17H25ClN2O/c1-13(2)5-8-17(21)20(10-9-14(3)4)12-15-6-7-16(18)19-11-15/h5-8,11,13-14H,9-10,12H2,1-4H3/b8-5+. The molecular formula is C17H25ClN2O. The van der Waals surface area contributed by atoms with Crippen LogP contribution in [0.25, 0.3) is 0 Å². The largest absolute Gasteiger partial charge is 0.335 e. The molecule has 0 unspecified atom stereocenters. The summed E-state index contributed by atoms with van der Waals surface area (Å²) in [6.07, 6.45) is 6.32. The Labute approximate surface area is 133 Å². The third kappa shape index (κ3) is 7.28. The molecule has 1 amide bonds. The molecule has 0 N–H and O–H groups in total. The molecule has 0 aliphatic heterocycles. The predicted molar refractivity (Wildman–Crippen MR) is 88.1 cm³/mol. The number of hydrogen-bond donors (Lipinski definition) is 0. The van der Waals surface area contributed by atoms with E-state index in [2.05, 4.69) is 32.7 Å². The molecule has 0 atom stereocenters. The lowest BCUT2D eigenvalue weighted by Gasteiger charge is -2.22. The number of allylic oxidation sites excluding steroid dienone is 1. The molecule has 116 valence electrons. The van der Waals surface area contributed by atoms with Crippen LogP contribution < -0.4 is 0 Å². The molecule has 0 aliphatic carbocycles. The zero-order valence-electron chi connectivity index (χ0n) is 13.3. The zero-order valence-corrected chi connectivity index (χ0v) is 14.1. The number of pyridine rings is 1. The summed E-state index contributed by atoms with van der Waals surface area (Å²) in [5.41, 5.74) is 0.995. The minimum absolute atomic E-state index is 0.0549. The van der Waals surface area contributed by atoms with E-state index in [0.29, 0.717) is 23.5 Å². The van der Waals surface area contributed by atoms with E-state index in [4.69, 9.17) is 11.6 Å². The molecule has 1 aromatic rings. The van der Waals surface area contributed by atoms with Crippen molar-refractivity contribution >= 4 is 17.5 Å². The Hall–Kier alpha value is -1.35. The van der Waals surface area contributed by atoms with E-state index in [-0.39, 0.29) is 5.91 Å². The third-order valence-corrected chi connectivity index (χ3v) is 3.30. The zero-order chi connectivity index (χ0) is 15.8. The first-order valence-corrected chi connectivity index (χ1v) is 7.83. The summed E-state index contributed by atoms with van der Waals surface area (Å²) in [5, 5.41) is 0.471. The van der Waals surface area contributed by atoms with Crippen molar-refractivity contribution in [2.75, 3.05) is 6.54 Å². The Bertz CT molecular complexity index is 466. The number of amides is 1. The van der Waals surface area contributed by atoms with Gasteiger partial charge in [-0.05, 0) is 36.0 Å². The second-order valence-corrected chi connectivity index (χ2v) is 6.42. The second-order valence-electron chi connectivity index (χ2n) is 6.03. The molecule has 0 radical (unpaired) electrons. The highest BCUT2D eigenvalue weighted by Crippen LogP contribution is 2.11. The van der Waals surface area contributed by atoms with Crippen molar-refractivity contribution in [3.05, 3.63) is 41.2 Å². The van der Waals surface area contributed by atoms with Gasteiger partial charge in [-0.25, -0.2) is 4.98 Å². The van der Waals surface area contributed by atoms with Gasteiger partial charge in [0.05, 0.1) is 0 Å². The third-order valence-electron chi connectivity index (χ3n) is 3.07. The summed E-state index contributed by atoms with van der Waals surface area (Å²) >= 11 is 5.80. The SMILES string of the molecule is CC(C)/C=C/C(=O)N(CCC(C)C)Cc1ccc(Cl)nc1. The summed E-state index contributed by atoms with van der Waals surface area (Å²) in [6, 6.07) is 3.67. The number of rotatable bonds is 7. The first kappa shape index (κ1) is 17.7. The van der Waals surface area contributed by atoms with Gasteiger partial charge in [-0.15, -0.1) is 0 Å². The molecule has 0 spiro atoms. The number of hydrogen-bond acceptors (Lipinski definition) is 2. The van der Waals surface area contributed by atoms with Crippen LogP contribution in [0.4, 0.5) is 0 Å². The van der Waals surface area contributed by atoms with Crippen molar-refractivity contribution in [3.63, 3.8) is 0 Å². The van der Waals surface area contributed by atoms with E-state index < -0.39 is 0 Å². The molecule has 0 saturated heterocycles. The van der Waals surface area contributed by atoms with Gasteiger partial charge in [-0.2, -0.15) is 0 Å². The Kier molecular flexibility index (Phi) is 7.44. The Balaban J connectivity index is 2.75. The van der Waals surface area contributed by atoms with Crippen LogP contribution in [-0.2, 0) is 11.3 Å². The molecule has 21 heavy (non-hydrogen) atoms. The number of nitrogens with zero attached hydrogens (tertiary/aromatic N) is 2. The maximum absolute atomic E-state index is 12.3. The molecule has 1 heterocycles. The molecule has 0 bridgehead atoms. The molecule has 4 heteroatoms. The van der Waals surface area contributed by atoms with Gasteiger partial charge in [-0.1, -0.05) is 51.4 Å². The normalized spacial score (nSPS) is 11.6. The van der Waals surface area contributed by atoms with Crippen LogP contribution in [0.15, 0.2) is 30.5 Å².